The van der Waals surface area contributed by atoms with Gasteiger partial charge in [-0.2, -0.15) is 0 Å². The average Bonchev–Trinajstić information content (AvgIpc) is 2.72. The van der Waals surface area contributed by atoms with Crippen LogP contribution in [0.25, 0.3) is 11.1 Å². The lowest BCUT2D eigenvalue weighted by molar-refractivity contribution is 0.251. The number of para-hydroxylation sites is 1. The average molecular weight is 479 g/mol. The molecule has 0 bridgehead atoms. The van der Waals surface area contributed by atoms with E-state index in [9.17, 15) is 13.2 Å². The lowest BCUT2D eigenvalue weighted by Crippen LogP contribution is -2.28. The molecule has 0 fully saturated rings. The van der Waals surface area contributed by atoms with E-state index in [1.54, 1.807) is 31.4 Å². The fourth-order valence-electron chi connectivity index (χ4n) is 2.97. The van der Waals surface area contributed by atoms with E-state index >= 15 is 0 Å². The molecule has 3 rings (SSSR count). The van der Waals surface area contributed by atoms with E-state index in [1.165, 1.54) is 12.1 Å². The van der Waals surface area contributed by atoms with Crippen molar-refractivity contribution in [1.82, 2.24) is 5.32 Å². The summed E-state index contributed by atoms with van der Waals surface area (Å²) in [6.07, 6.45) is 1.14. The molecule has 2 amide bonds. The van der Waals surface area contributed by atoms with Crippen LogP contribution in [0.1, 0.15) is 5.56 Å². The van der Waals surface area contributed by atoms with Crippen LogP contribution in [0, 0.1) is 0 Å². The second-order valence-electron chi connectivity index (χ2n) is 6.74. The van der Waals surface area contributed by atoms with Gasteiger partial charge in [0.05, 0.1) is 22.1 Å². The van der Waals surface area contributed by atoms with Gasteiger partial charge in [-0.1, -0.05) is 53.5 Å². The van der Waals surface area contributed by atoms with Gasteiger partial charge in [-0.15, -0.1) is 0 Å². The number of rotatable bonds is 6. The van der Waals surface area contributed by atoms with Crippen molar-refractivity contribution in [3.63, 3.8) is 0 Å². The van der Waals surface area contributed by atoms with Gasteiger partial charge >= 0.3 is 6.03 Å². The number of benzene rings is 3. The topological polar surface area (TPSA) is 84.5 Å². The number of urea groups is 1. The van der Waals surface area contributed by atoms with Gasteiger partial charge in [0.15, 0.2) is 9.84 Å². The molecule has 3 aromatic carbocycles. The molecule has 3 aromatic rings. The number of carbonyl (C=O) groups is 1. The van der Waals surface area contributed by atoms with E-state index in [0.717, 1.165) is 17.4 Å². The summed E-state index contributed by atoms with van der Waals surface area (Å²) in [5, 5.41) is 6.12. The highest BCUT2D eigenvalue weighted by Gasteiger charge is 2.15. The predicted molar refractivity (Wildman–Crippen MR) is 124 cm³/mol. The highest BCUT2D eigenvalue weighted by atomic mass is 35.5. The maximum Gasteiger partial charge on any atom is 0.319 e. The Morgan fingerprint density at radius 2 is 1.61 bits per heavy atom. The monoisotopic (exact) mass is 478 g/mol. The molecule has 0 atom stereocenters. The van der Waals surface area contributed by atoms with E-state index in [1.807, 2.05) is 24.3 Å². The fourth-order valence-corrected chi connectivity index (χ4v) is 4.29. The molecule has 0 unspecified atom stereocenters. The van der Waals surface area contributed by atoms with Crippen molar-refractivity contribution in [3.8, 4) is 16.9 Å². The number of amides is 2. The van der Waals surface area contributed by atoms with Crippen LogP contribution in [0.3, 0.4) is 0 Å². The molecule has 6 nitrogen and oxygen atoms in total. The zero-order valence-electron chi connectivity index (χ0n) is 16.8. The van der Waals surface area contributed by atoms with Crippen molar-refractivity contribution in [1.29, 1.82) is 0 Å². The second kappa shape index (κ2) is 9.60. The second-order valence-corrected chi connectivity index (χ2v) is 9.57. The number of hydrogen-bond acceptors (Lipinski definition) is 4. The van der Waals surface area contributed by atoms with Crippen LogP contribution in [0.2, 0.25) is 10.0 Å². The normalized spacial score (nSPS) is 11.1. The molecule has 0 radical (unpaired) electrons. The van der Waals surface area contributed by atoms with Crippen LogP contribution >= 0.6 is 23.2 Å². The molecular formula is C22H20Cl2N2O4S. The molecular weight excluding hydrogens is 459 g/mol. The van der Waals surface area contributed by atoms with Crippen molar-refractivity contribution in [2.75, 3.05) is 18.7 Å². The maximum absolute atomic E-state index is 12.3. The first kappa shape index (κ1) is 22.9. The van der Waals surface area contributed by atoms with Gasteiger partial charge in [0.2, 0.25) is 0 Å². The number of nitrogens with one attached hydrogen (secondary N) is 2. The van der Waals surface area contributed by atoms with Gasteiger partial charge in [-0.3, -0.25) is 0 Å². The van der Waals surface area contributed by atoms with Crippen molar-refractivity contribution < 1.29 is 17.9 Å². The van der Waals surface area contributed by atoms with Gasteiger partial charge in [-0.05, 0) is 35.9 Å². The quantitative estimate of drug-likeness (QED) is 0.496. The van der Waals surface area contributed by atoms with Gasteiger partial charge in [0, 0.05) is 29.6 Å². The summed E-state index contributed by atoms with van der Waals surface area (Å²) in [5.41, 5.74) is 2.54. The number of ether oxygens (including phenoxy) is 1. The zero-order chi connectivity index (χ0) is 22.6. The summed E-state index contributed by atoms with van der Waals surface area (Å²) < 4.78 is 28.4. The molecule has 0 saturated heterocycles. The molecule has 0 aromatic heterocycles. The molecule has 0 aliphatic rings. The Balaban J connectivity index is 1.69. The van der Waals surface area contributed by atoms with Crippen molar-refractivity contribution >= 4 is 44.8 Å². The summed E-state index contributed by atoms with van der Waals surface area (Å²) in [6, 6.07) is 16.4. The molecule has 0 aliphatic carbocycles. The number of anilines is 1. The predicted octanol–water partition coefficient (Wildman–Crippen LogP) is 5.39. The first-order valence-electron chi connectivity index (χ1n) is 9.15. The molecule has 0 spiro atoms. The smallest absolute Gasteiger partial charge is 0.319 e. The van der Waals surface area contributed by atoms with Crippen LogP contribution in [-0.2, 0) is 16.4 Å². The third kappa shape index (κ3) is 5.70. The number of sulfone groups is 1. The van der Waals surface area contributed by atoms with Crippen molar-refractivity contribution in [2.24, 2.45) is 0 Å². The number of methoxy groups -OCH3 is 1. The molecule has 0 heterocycles. The number of hydrogen-bond donors (Lipinski definition) is 2. The Bertz CT molecular complexity index is 1190. The number of halogens is 2. The maximum atomic E-state index is 12.3. The Morgan fingerprint density at radius 1 is 1.00 bits per heavy atom. The highest BCUT2D eigenvalue weighted by molar-refractivity contribution is 7.90. The van der Waals surface area contributed by atoms with E-state index in [0.29, 0.717) is 27.0 Å². The SMILES string of the molecule is COc1ccccc1-c1c(Cl)cc(NC(=O)NCc2ccc(S(C)(=O)=O)cc2)cc1Cl. The van der Waals surface area contributed by atoms with E-state index in [4.69, 9.17) is 27.9 Å². The molecule has 0 saturated carbocycles. The minimum atomic E-state index is -3.26. The minimum absolute atomic E-state index is 0.219. The number of carbonyl (C=O) groups excluding carboxylic acids is 1. The van der Waals surface area contributed by atoms with Crippen LogP contribution in [0.15, 0.2) is 65.6 Å². The van der Waals surface area contributed by atoms with Gasteiger partial charge in [0.25, 0.3) is 0 Å². The Kier molecular flexibility index (Phi) is 7.10. The summed E-state index contributed by atoms with van der Waals surface area (Å²) in [4.78, 5) is 12.5. The Labute approximate surface area is 191 Å². The van der Waals surface area contributed by atoms with Crippen LogP contribution < -0.4 is 15.4 Å². The summed E-state index contributed by atoms with van der Waals surface area (Å²) in [7, 11) is -1.70. The van der Waals surface area contributed by atoms with E-state index in [-0.39, 0.29) is 11.4 Å². The molecule has 9 heteroatoms. The largest absolute Gasteiger partial charge is 0.496 e. The van der Waals surface area contributed by atoms with Crippen LogP contribution in [-0.4, -0.2) is 27.8 Å². The van der Waals surface area contributed by atoms with Gasteiger partial charge < -0.3 is 15.4 Å². The molecule has 31 heavy (non-hydrogen) atoms. The zero-order valence-corrected chi connectivity index (χ0v) is 19.1. The fraction of sp³-hybridized carbons (Fsp3) is 0.136. The third-order valence-electron chi connectivity index (χ3n) is 4.48. The molecule has 0 aliphatic heterocycles. The summed E-state index contributed by atoms with van der Waals surface area (Å²) in [5.74, 6) is 0.631. The first-order chi connectivity index (χ1) is 14.7. The Hall–Kier alpha value is -2.74. The van der Waals surface area contributed by atoms with E-state index < -0.39 is 15.9 Å². The third-order valence-corrected chi connectivity index (χ3v) is 6.21. The summed E-state index contributed by atoms with van der Waals surface area (Å²) in [6.45, 7) is 0.219. The lowest BCUT2D eigenvalue weighted by atomic mass is 10.0. The first-order valence-corrected chi connectivity index (χ1v) is 11.8. The molecule has 162 valence electrons. The highest BCUT2D eigenvalue weighted by Crippen LogP contribution is 2.41. The Morgan fingerprint density at radius 3 is 2.19 bits per heavy atom. The van der Waals surface area contributed by atoms with Crippen molar-refractivity contribution in [3.05, 3.63) is 76.3 Å². The minimum Gasteiger partial charge on any atom is -0.496 e. The standard InChI is InChI=1S/C22H20Cl2N2O4S/c1-30-20-6-4-3-5-17(20)21-18(23)11-15(12-19(21)24)26-22(27)25-13-14-7-9-16(10-8-14)31(2,28)29/h3-12H,13H2,1-2H3,(H2,25,26,27). The van der Waals surface area contributed by atoms with Crippen LogP contribution in [0.5, 0.6) is 5.75 Å². The van der Waals surface area contributed by atoms with Crippen molar-refractivity contribution in [2.45, 2.75) is 11.4 Å². The summed E-state index contributed by atoms with van der Waals surface area (Å²) >= 11 is 12.9. The van der Waals surface area contributed by atoms with Crippen LogP contribution in [0.4, 0.5) is 10.5 Å². The van der Waals surface area contributed by atoms with E-state index in [2.05, 4.69) is 10.6 Å². The van der Waals surface area contributed by atoms with Gasteiger partial charge in [-0.25, -0.2) is 13.2 Å². The molecule has 2 N–H and O–H groups in total. The lowest BCUT2D eigenvalue weighted by Gasteiger charge is -2.14. The van der Waals surface area contributed by atoms with Gasteiger partial charge in [0.1, 0.15) is 5.75 Å².